The highest BCUT2D eigenvalue weighted by Crippen LogP contribution is 2.59. The van der Waals surface area contributed by atoms with E-state index in [1.165, 1.54) is 12.0 Å². The van der Waals surface area contributed by atoms with Crippen LogP contribution in [0.25, 0.3) is 0 Å². The number of fused-ring (bicyclic) bond motifs is 1. The summed E-state index contributed by atoms with van der Waals surface area (Å²) >= 11 is 0. The van der Waals surface area contributed by atoms with E-state index < -0.39 is 31.8 Å². The fourth-order valence-electron chi connectivity index (χ4n) is 6.52. The van der Waals surface area contributed by atoms with Gasteiger partial charge in [-0.05, 0) is 78.8 Å². The van der Waals surface area contributed by atoms with E-state index in [4.69, 9.17) is 8.22 Å². The van der Waals surface area contributed by atoms with Crippen molar-refractivity contribution in [1.29, 1.82) is 0 Å². The molecule has 0 aromatic carbocycles. The summed E-state index contributed by atoms with van der Waals surface area (Å²) in [6, 6.07) is 0. The maximum atomic E-state index is 10.2. The van der Waals surface area contributed by atoms with Crippen molar-refractivity contribution < 1.29 is 18.4 Å². The number of aliphatic hydroxyl groups is 2. The quantitative estimate of drug-likeness (QED) is 0.522. The molecular weight excluding hydrogens is 356 g/mol. The zero-order chi connectivity index (χ0) is 26.2. The van der Waals surface area contributed by atoms with Crippen molar-refractivity contribution in [2.75, 3.05) is 0 Å². The molecule has 3 aliphatic carbocycles. The Morgan fingerprint density at radius 3 is 2.79 bits per heavy atom. The van der Waals surface area contributed by atoms with E-state index in [2.05, 4.69) is 32.6 Å². The maximum Gasteiger partial charge on any atom is 0.0811 e. The molecule has 2 heteroatoms. The Bertz CT molecular complexity index is 813. The summed E-state index contributed by atoms with van der Waals surface area (Å²) in [5.41, 5.74) is 3.30. The molecule has 0 unspecified atom stereocenters. The first kappa shape index (κ1) is 15.9. The van der Waals surface area contributed by atoms with Crippen LogP contribution in [-0.2, 0) is 0 Å². The minimum absolute atomic E-state index is 0.193. The van der Waals surface area contributed by atoms with Crippen LogP contribution in [0, 0.1) is 29.1 Å². The number of aliphatic hydroxyl groups excluding tert-OH is 2. The molecule has 2 N–H and O–H groups in total. The van der Waals surface area contributed by atoms with Gasteiger partial charge in [-0.15, -0.1) is 0 Å². The molecule has 0 amide bonds. The minimum Gasteiger partial charge on any atom is -0.393 e. The van der Waals surface area contributed by atoms with Gasteiger partial charge in [-0.25, -0.2) is 0 Å². The largest absolute Gasteiger partial charge is 0.393 e. The van der Waals surface area contributed by atoms with Crippen LogP contribution in [0.5, 0.6) is 0 Å². The van der Waals surface area contributed by atoms with Crippen LogP contribution in [0.1, 0.15) is 100.0 Å². The Balaban J connectivity index is 1.67. The number of rotatable bonds is 6. The summed E-state index contributed by atoms with van der Waals surface area (Å²) < 4.78 is 45.9. The molecule has 0 radical (unpaired) electrons. The molecule has 0 heterocycles. The SMILES string of the molecule is [2H]C([2H])([2H])C(CCC[C@@H](C)[C@H]1CC[C@H]2/C(=C/C=C3\C[C@@H](O)C[C@H](O)C3=C)CCC[C@]12C)C([2H])([2H])[2H]. The third-order valence-electron chi connectivity index (χ3n) is 8.14. The molecule has 0 aromatic rings. The lowest BCUT2D eigenvalue weighted by Gasteiger charge is -2.44. The molecule has 3 saturated carbocycles. The Morgan fingerprint density at radius 2 is 2.03 bits per heavy atom. The highest BCUT2D eigenvalue weighted by atomic mass is 16.3. The predicted molar refractivity (Wildman–Crippen MR) is 123 cm³/mol. The molecular formula is C27H44O2. The molecule has 3 rings (SSSR count). The zero-order valence-corrected chi connectivity index (χ0v) is 18.3. The molecule has 6 atom stereocenters. The van der Waals surface area contributed by atoms with Gasteiger partial charge in [-0.1, -0.05) is 71.1 Å². The second-order valence-corrected chi connectivity index (χ2v) is 10.1. The van der Waals surface area contributed by atoms with Crippen molar-refractivity contribution in [2.24, 2.45) is 29.1 Å². The van der Waals surface area contributed by atoms with Crippen LogP contribution in [0.4, 0.5) is 0 Å². The van der Waals surface area contributed by atoms with Crippen molar-refractivity contribution in [3.63, 3.8) is 0 Å². The molecule has 0 aliphatic heterocycles. The first-order valence-electron chi connectivity index (χ1n) is 14.6. The van der Waals surface area contributed by atoms with Gasteiger partial charge in [-0.3, -0.25) is 0 Å². The van der Waals surface area contributed by atoms with Crippen LogP contribution in [-0.4, -0.2) is 22.4 Å². The van der Waals surface area contributed by atoms with Gasteiger partial charge in [0.2, 0.25) is 0 Å². The van der Waals surface area contributed by atoms with Crippen LogP contribution >= 0.6 is 0 Å². The standard InChI is InChI=1S/C27H44O2/c1-18(2)8-6-9-19(3)24-13-14-25-21(10-7-15-27(24,25)5)11-12-22-16-23(28)17-26(29)20(22)4/h11-12,18-19,23-26,28-29H,4,6-10,13-17H2,1-3,5H3/b21-11+,22-12+/t19-,23-,24-,25+,26+,27-/m1/s1/i1D3,2D3. The summed E-state index contributed by atoms with van der Waals surface area (Å²) in [5, 5.41) is 20.2. The van der Waals surface area contributed by atoms with Crippen LogP contribution < -0.4 is 0 Å². The summed E-state index contributed by atoms with van der Waals surface area (Å²) in [7, 11) is 0. The monoisotopic (exact) mass is 406 g/mol. The van der Waals surface area contributed by atoms with Crippen molar-refractivity contribution in [1.82, 2.24) is 0 Å². The van der Waals surface area contributed by atoms with Crippen molar-refractivity contribution >= 4 is 0 Å². The number of allylic oxidation sites excluding steroid dienone is 3. The first-order valence-corrected chi connectivity index (χ1v) is 11.6. The third kappa shape index (κ3) is 5.07. The van der Waals surface area contributed by atoms with E-state index in [0.717, 1.165) is 43.3 Å². The summed E-state index contributed by atoms with van der Waals surface area (Å²) in [5.74, 6) is 0.207. The molecule has 29 heavy (non-hydrogen) atoms. The Hall–Kier alpha value is -0.860. The summed E-state index contributed by atoms with van der Waals surface area (Å²) in [4.78, 5) is 0. The number of hydrogen-bond acceptors (Lipinski definition) is 2. The third-order valence-corrected chi connectivity index (χ3v) is 8.14. The smallest absolute Gasteiger partial charge is 0.0811 e. The predicted octanol–water partition coefficient (Wildman–Crippen LogP) is 6.59. The molecule has 0 spiro atoms. The Morgan fingerprint density at radius 1 is 1.24 bits per heavy atom. The topological polar surface area (TPSA) is 40.5 Å². The van der Waals surface area contributed by atoms with E-state index >= 15 is 0 Å². The van der Waals surface area contributed by atoms with Crippen molar-refractivity contribution in [2.45, 2.75) is 104 Å². The second-order valence-electron chi connectivity index (χ2n) is 10.1. The van der Waals surface area contributed by atoms with Crippen LogP contribution in [0.3, 0.4) is 0 Å². The fourth-order valence-corrected chi connectivity index (χ4v) is 6.52. The highest BCUT2D eigenvalue weighted by Gasteiger charge is 2.50. The summed E-state index contributed by atoms with van der Waals surface area (Å²) in [6.07, 6.45) is 11.3. The first-order chi connectivity index (χ1) is 16.1. The average Bonchev–Trinajstić information content (AvgIpc) is 3.08. The maximum absolute atomic E-state index is 10.2. The molecule has 0 saturated heterocycles. The van der Waals surface area contributed by atoms with E-state index in [9.17, 15) is 10.2 Å². The van der Waals surface area contributed by atoms with Crippen molar-refractivity contribution in [3.8, 4) is 0 Å². The lowest BCUT2D eigenvalue weighted by Crippen LogP contribution is -2.36. The van der Waals surface area contributed by atoms with Gasteiger partial charge < -0.3 is 10.2 Å². The van der Waals surface area contributed by atoms with Crippen LogP contribution in [0.2, 0.25) is 0 Å². The van der Waals surface area contributed by atoms with E-state index in [-0.39, 0.29) is 11.8 Å². The summed E-state index contributed by atoms with van der Waals surface area (Å²) in [6.45, 7) is 3.79. The lowest BCUT2D eigenvalue weighted by molar-refractivity contribution is 0.0861. The molecule has 0 bridgehead atoms. The van der Waals surface area contributed by atoms with Crippen molar-refractivity contribution in [3.05, 3.63) is 35.5 Å². The van der Waals surface area contributed by atoms with Gasteiger partial charge >= 0.3 is 0 Å². The molecule has 3 fully saturated rings. The normalized spacial score (nSPS) is 43.3. The highest BCUT2D eigenvalue weighted by molar-refractivity contribution is 5.38. The molecule has 164 valence electrons. The Labute approximate surface area is 187 Å². The average molecular weight is 407 g/mol. The van der Waals surface area contributed by atoms with E-state index in [1.807, 2.05) is 0 Å². The van der Waals surface area contributed by atoms with Gasteiger partial charge in [0.05, 0.1) is 12.2 Å². The van der Waals surface area contributed by atoms with Gasteiger partial charge in [0.15, 0.2) is 0 Å². The number of hydrogen-bond donors (Lipinski definition) is 2. The van der Waals surface area contributed by atoms with Gasteiger partial charge in [0.1, 0.15) is 0 Å². The van der Waals surface area contributed by atoms with Gasteiger partial charge in [0, 0.05) is 14.6 Å². The molecule has 3 aliphatic rings. The minimum atomic E-state index is -2.45. The Kier molecular flexibility index (Phi) is 5.21. The van der Waals surface area contributed by atoms with Gasteiger partial charge in [0.25, 0.3) is 0 Å². The second kappa shape index (κ2) is 9.52. The van der Waals surface area contributed by atoms with E-state index in [0.29, 0.717) is 37.0 Å². The lowest BCUT2D eigenvalue weighted by atomic mass is 9.60. The van der Waals surface area contributed by atoms with Crippen LogP contribution in [0.15, 0.2) is 35.5 Å². The van der Waals surface area contributed by atoms with Gasteiger partial charge in [-0.2, -0.15) is 0 Å². The molecule has 0 aromatic heterocycles. The molecule has 2 nitrogen and oxygen atoms in total. The zero-order valence-electron chi connectivity index (χ0n) is 24.3. The fraction of sp³-hybridized carbons (Fsp3) is 0.778. The van der Waals surface area contributed by atoms with E-state index in [1.54, 1.807) is 0 Å².